The van der Waals surface area contributed by atoms with Crippen LogP contribution in [0.5, 0.6) is 5.75 Å². The molecule has 0 spiro atoms. The fraction of sp³-hybridized carbons (Fsp3) is 0.480. The summed E-state index contributed by atoms with van der Waals surface area (Å²) in [6, 6.07) is 11.2. The first kappa shape index (κ1) is 27.8. The number of anilines is 1. The van der Waals surface area contributed by atoms with Crippen LogP contribution in [-0.4, -0.2) is 64.6 Å². The number of nitrogens with one attached hydrogen (secondary N) is 1. The van der Waals surface area contributed by atoms with Gasteiger partial charge in [0, 0.05) is 37.1 Å². The summed E-state index contributed by atoms with van der Waals surface area (Å²) < 4.78 is 60.2. The summed E-state index contributed by atoms with van der Waals surface area (Å²) in [5, 5.41) is 3.36. The van der Waals surface area contributed by atoms with Crippen LogP contribution in [0.25, 0.3) is 0 Å². The monoisotopic (exact) mass is 569 g/mol. The Morgan fingerprint density at radius 3 is 2.22 bits per heavy atom. The van der Waals surface area contributed by atoms with E-state index >= 15 is 0 Å². The lowest BCUT2D eigenvalue weighted by atomic mass is 9.97. The van der Waals surface area contributed by atoms with Gasteiger partial charge in [-0.2, -0.15) is 4.31 Å². The van der Waals surface area contributed by atoms with Crippen molar-refractivity contribution in [2.45, 2.75) is 42.8 Å². The molecule has 0 radical (unpaired) electrons. The molecule has 0 bridgehead atoms. The molecule has 12 heteroatoms. The smallest absolute Gasteiger partial charge is 0.243 e. The Bertz CT molecular complexity index is 1320. The number of piperidine rings is 2. The van der Waals surface area contributed by atoms with Crippen molar-refractivity contribution in [3.8, 4) is 5.75 Å². The van der Waals surface area contributed by atoms with Crippen molar-refractivity contribution >= 4 is 43.2 Å². The summed E-state index contributed by atoms with van der Waals surface area (Å²) in [7, 11) is -5.76. The van der Waals surface area contributed by atoms with Crippen LogP contribution in [0.4, 0.5) is 5.69 Å². The molecule has 4 rings (SSSR count). The molecular formula is C25H32ClN3O6S2. The quantitative estimate of drug-likeness (QED) is 0.518. The molecular weight excluding hydrogens is 538 g/mol. The number of rotatable bonds is 8. The highest BCUT2D eigenvalue weighted by Crippen LogP contribution is 2.31. The number of hydrogen-bond donors (Lipinski definition) is 1. The topological polar surface area (TPSA) is 113 Å². The van der Waals surface area contributed by atoms with Crippen molar-refractivity contribution in [3.05, 3.63) is 53.1 Å². The maximum atomic E-state index is 13.1. The molecule has 0 saturated carbocycles. The summed E-state index contributed by atoms with van der Waals surface area (Å²) in [6.07, 6.45) is 3.39. The van der Waals surface area contributed by atoms with Crippen molar-refractivity contribution < 1.29 is 26.4 Å². The van der Waals surface area contributed by atoms with Gasteiger partial charge in [0.25, 0.3) is 0 Å². The number of carbonyl (C=O) groups is 1. The van der Waals surface area contributed by atoms with Gasteiger partial charge in [-0.25, -0.2) is 21.1 Å². The second kappa shape index (κ2) is 11.7. The van der Waals surface area contributed by atoms with Gasteiger partial charge in [0.15, 0.2) is 0 Å². The summed E-state index contributed by atoms with van der Waals surface area (Å²) >= 11 is 5.88. The summed E-state index contributed by atoms with van der Waals surface area (Å²) in [6.45, 7) is 1.42. The number of halogens is 1. The Morgan fingerprint density at radius 2 is 1.59 bits per heavy atom. The molecule has 2 heterocycles. The van der Waals surface area contributed by atoms with Gasteiger partial charge < -0.3 is 10.1 Å². The van der Waals surface area contributed by atoms with Gasteiger partial charge in [0.05, 0.1) is 23.4 Å². The van der Waals surface area contributed by atoms with Gasteiger partial charge in [-0.1, -0.05) is 30.2 Å². The highest BCUT2D eigenvalue weighted by atomic mass is 35.5. The van der Waals surface area contributed by atoms with Crippen LogP contribution < -0.4 is 10.1 Å². The minimum atomic E-state index is -3.68. The molecule has 1 amide bonds. The van der Waals surface area contributed by atoms with Gasteiger partial charge in [-0.05, 0) is 61.6 Å². The van der Waals surface area contributed by atoms with E-state index in [4.69, 9.17) is 16.3 Å². The van der Waals surface area contributed by atoms with E-state index in [9.17, 15) is 21.6 Å². The van der Waals surface area contributed by atoms with Crippen molar-refractivity contribution in [1.82, 2.24) is 8.61 Å². The van der Waals surface area contributed by atoms with Gasteiger partial charge in [-0.15, -0.1) is 0 Å². The van der Waals surface area contributed by atoms with E-state index in [1.165, 1.54) is 27.9 Å². The van der Waals surface area contributed by atoms with Gasteiger partial charge in [0.2, 0.25) is 26.0 Å². The van der Waals surface area contributed by atoms with E-state index in [1.54, 1.807) is 30.3 Å². The summed E-state index contributed by atoms with van der Waals surface area (Å²) in [4.78, 5) is 13.2. The number of sulfonamides is 2. The largest absolute Gasteiger partial charge is 0.495 e. The van der Waals surface area contributed by atoms with Crippen LogP contribution in [-0.2, 0) is 30.6 Å². The summed E-state index contributed by atoms with van der Waals surface area (Å²) in [5.41, 5.74) is 0.930. The second-order valence-corrected chi connectivity index (χ2v) is 13.7. The maximum Gasteiger partial charge on any atom is 0.243 e. The molecule has 0 unspecified atom stereocenters. The third-order valence-electron chi connectivity index (χ3n) is 6.86. The lowest BCUT2D eigenvalue weighted by molar-refractivity contribution is -0.120. The lowest BCUT2D eigenvalue weighted by Gasteiger charge is -2.30. The molecule has 2 aliphatic rings. The van der Waals surface area contributed by atoms with Crippen LogP contribution in [0, 0.1) is 5.92 Å². The Kier molecular flexibility index (Phi) is 8.80. The Labute approximate surface area is 223 Å². The molecule has 202 valence electrons. The van der Waals surface area contributed by atoms with Crippen LogP contribution in [0.15, 0.2) is 47.4 Å². The molecule has 2 aliphatic heterocycles. The molecule has 1 N–H and O–H groups in total. The average Bonchev–Trinajstić information content (AvgIpc) is 2.90. The molecule has 9 nitrogen and oxygen atoms in total. The SMILES string of the molecule is COc1ccc(S(=O)(=O)N2CCCCC2)cc1NC(=O)C1CCN(S(=O)(=O)Cc2ccc(Cl)cc2)CC1. The van der Waals surface area contributed by atoms with Crippen molar-refractivity contribution in [2.75, 3.05) is 38.6 Å². The first-order valence-corrected chi connectivity index (χ1v) is 15.7. The molecule has 37 heavy (non-hydrogen) atoms. The zero-order chi connectivity index (χ0) is 26.6. The number of hydrogen-bond acceptors (Lipinski definition) is 6. The molecule has 0 aliphatic carbocycles. The number of ether oxygens (including phenoxy) is 1. The van der Waals surface area contributed by atoms with Crippen LogP contribution >= 0.6 is 11.6 Å². The van der Waals surface area contributed by atoms with Crippen LogP contribution in [0.1, 0.15) is 37.7 Å². The van der Waals surface area contributed by atoms with E-state index in [0.29, 0.717) is 42.3 Å². The van der Waals surface area contributed by atoms with Gasteiger partial charge >= 0.3 is 0 Å². The van der Waals surface area contributed by atoms with E-state index in [-0.39, 0.29) is 35.3 Å². The highest BCUT2D eigenvalue weighted by molar-refractivity contribution is 7.89. The van der Waals surface area contributed by atoms with E-state index in [0.717, 1.165) is 19.3 Å². The Morgan fingerprint density at radius 1 is 0.946 bits per heavy atom. The highest BCUT2D eigenvalue weighted by Gasteiger charge is 2.32. The van der Waals surface area contributed by atoms with Gasteiger partial charge in [-0.3, -0.25) is 4.79 Å². The van der Waals surface area contributed by atoms with E-state index in [1.807, 2.05) is 0 Å². The van der Waals surface area contributed by atoms with E-state index < -0.39 is 26.0 Å². The number of nitrogens with zero attached hydrogens (tertiary/aromatic N) is 2. The normalized spacial score (nSPS) is 18.4. The fourth-order valence-corrected chi connectivity index (χ4v) is 7.95. The number of amides is 1. The minimum Gasteiger partial charge on any atom is -0.495 e. The minimum absolute atomic E-state index is 0.105. The van der Waals surface area contributed by atoms with Crippen molar-refractivity contribution in [1.29, 1.82) is 0 Å². The summed E-state index contributed by atoms with van der Waals surface area (Å²) in [5.74, 6) is -0.472. The predicted molar refractivity (Wildman–Crippen MR) is 143 cm³/mol. The standard InChI is InChI=1S/C25H32ClN3O6S2/c1-35-24-10-9-22(37(33,34)29-13-3-2-4-14-29)17-23(24)27-25(30)20-11-15-28(16-12-20)36(31,32)18-19-5-7-21(26)8-6-19/h5-10,17,20H,2-4,11-16,18H2,1H3,(H,27,30). The van der Waals surface area contributed by atoms with Crippen LogP contribution in [0.2, 0.25) is 5.02 Å². The number of carbonyl (C=O) groups excluding carboxylic acids is 1. The lowest BCUT2D eigenvalue weighted by Crippen LogP contribution is -2.41. The fourth-order valence-electron chi connectivity index (χ4n) is 4.71. The molecule has 0 atom stereocenters. The Balaban J connectivity index is 1.40. The zero-order valence-electron chi connectivity index (χ0n) is 20.7. The second-order valence-electron chi connectivity index (χ2n) is 9.37. The molecule has 0 aromatic heterocycles. The average molecular weight is 570 g/mol. The Hall–Kier alpha value is -2.18. The number of benzene rings is 2. The maximum absolute atomic E-state index is 13.1. The molecule has 2 aromatic carbocycles. The predicted octanol–water partition coefficient (Wildman–Crippen LogP) is 3.70. The first-order valence-electron chi connectivity index (χ1n) is 12.3. The zero-order valence-corrected chi connectivity index (χ0v) is 23.1. The van der Waals surface area contributed by atoms with Crippen LogP contribution in [0.3, 0.4) is 0 Å². The van der Waals surface area contributed by atoms with Crippen molar-refractivity contribution in [2.24, 2.45) is 5.92 Å². The van der Waals surface area contributed by atoms with Gasteiger partial charge in [0.1, 0.15) is 5.75 Å². The molecule has 2 fully saturated rings. The molecule has 2 saturated heterocycles. The van der Waals surface area contributed by atoms with Crippen molar-refractivity contribution in [3.63, 3.8) is 0 Å². The molecule has 2 aromatic rings. The first-order chi connectivity index (χ1) is 17.6. The van der Waals surface area contributed by atoms with E-state index in [2.05, 4.69) is 5.32 Å². The number of methoxy groups -OCH3 is 1. The third kappa shape index (κ3) is 6.64. The third-order valence-corrected chi connectivity index (χ3v) is 10.9.